The molecule has 0 aliphatic heterocycles. The second kappa shape index (κ2) is 6.33. The quantitative estimate of drug-likeness (QED) is 0.352. The van der Waals surface area contributed by atoms with Crippen LogP contribution in [0.1, 0.15) is 32.6 Å². The molecule has 4 aromatic rings. The first-order valence-electron chi connectivity index (χ1n) is 9.15. The number of carbonyl (C=O) groups excluding carboxylic acids is 1. The zero-order chi connectivity index (χ0) is 19.1. The van der Waals surface area contributed by atoms with Gasteiger partial charge in [0, 0.05) is 16.7 Å². The van der Waals surface area contributed by atoms with Crippen molar-refractivity contribution in [3.05, 3.63) is 119 Å². The Morgan fingerprint density at radius 1 is 0.679 bits per heavy atom. The van der Waals surface area contributed by atoms with E-state index < -0.39 is 0 Å². The molecule has 4 aromatic carbocycles. The third kappa shape index (κ3) is 2.31. The molecule has 0 spiro atoms. The van der Waals surface area contributed by atoms with E-state index in [2.05, 4.69) is 6.07 Å². The highest BCUT2D eigenvalue weighted by atomic mass is 16.1. The molecule has 1 aliphatic carbocycles. The molecule has 28 heavy (non-hydrogen) atoms. The van der Waals surface area contributed by atoms with E-state index in [1.807, 2.05) is 91.0 Å². The molecule has 2 heteroatoms. The first-order valence-corrected chi connectivity index (χ1v) is 9.15. The van der Waals surface area contributed by atoms with Crippen molar-refractivity contribution in [3.63, 3.8) is 0 Å². The second-order valence-corrected chi connectivity index (χ2v) is 6.81. The van der Waals surface area contributed by atoms with E-state index in [0.29, 0.717) is 16.7 Å². The molecule has 0 unspecified atom stereocenters. The minimum absolute atomic E-state index is 0.0106. The Hall–Kier alpha value is -3.96. The molecule has 2 nitrogen and oxygen atoms in total. The zero-order valence-corrected chi connectivity index (χ0v) is 15.0. The number of nitrogens with zero attached hydrogens (tertiary/aromatic N) is 1. The van der Waals surface area contributed by atoms with Gasteiger partial charge < -0.3 is 0 Å². The summed E-state index contributed by atoms with van der Waals surface area (Å²) in [5.74, 6) is 0.0106. The molecule has 0 saturated carbocycles. The van der Waals surface area contributed by atoms with Crippen LogP contribution in [0.5, 0.6) is 0 Å². The van der Waals surface area contributed by atoms with Crippen molar-refractivity contribution >= 4 is 27.7 Å². The third-order valence-electron chi connectivity index (χ3n) is 5.29. The Morgan fingerprint density at radius 2 is 1.36 bits per heavy atom. The maximum absolute atomic E-state index is 13.4. The van der Waals surface area contributed by atoms with Crippen molar-refractivity contribution in [3.8, 4) is 6.07 Å². The summed E-state index contributed by atoms with van der Waals surface area (Å²) in [6.45, 7) is 0. The Labute approximate surface area is 163 Å². The number of ketones is 1. The maximum atomic E-state index is 13.4. The molecular weight excluding hydrogens is 342 g/mol. The standard InChI is InChI=1S/C26H15NO/c27-16-23(17-8-2-1-3-9-17)24-20-12-6-7-13-21(20)26(28)25-19-11-5-4-10-18(19)14-15-22(24)25/h1-15H/b24-23-. The van der Waals surface area contributed by atoms with Crippen LogP contribution in [0.2, 0.25) is 0 Å². The van der Waals surface area contributed by atoms with E-state index in [0.717, 1.165) is 33.0 Å². The van der Waals surface area contributed by atoms with Crippen molar-refractivity contribution in [2.75, 3.05) is 0 Å². The van der Waals surface area contributed by atoms with Crippen LogP contribution in [-0.2, 0) is 0 Å². The van der Waals surface area contributed by atoms with Gasteiger partial charge in [0.25, 0.3) is 0 Å². The average Bonchev–Trinajstić information content (AvgIpc) is 2.76. The summed E-state index contributed by atoms with van der Waals surface area (Å²) in [5.41, 5.74) is 5.21. The van der Waals surface area contributed by atoms with E-state index >= 15 is 0 Å². The van der Waals surface area contributed by atoms with Crippen molar-refractivity contribution in [1.82, 2.24) is 0 Å². The van der Waals surface area contributed by atoms with Crippen LogP contribution in [0, 0.1) is 11.3 Å². The molecule has 5 rings (SSSR count). The Balaban J connectivity index is 1.96. The maximum Gasteiger partial charge on any atom is 0.194 e. The lowest BCUT2D eigenvalue weighted by molar-refractivity contribution is 0.103. The van der Waals surface area contributed by atoms with Crippen molar-refractivity contribution in [1.29, 1.82) is 5.26 Å². The highest BCUT2D eigenvalue weighted by Crippen LogP contribution is 2.42. The molecule has 0 atom stereocenters. The minimum atomic E-state index is 0.0106. The zero-order valence-electron chi connectivity index (χ0n) is 15.0. The van der Waals surface area contributed by atoms with Crippen LogP contribution in [0.25, 0.3) is 21.9 Å². The molecule has 0 saturated heterocycles. The van der Waals surface area contributed by atoms with Gasteiger partial charge in [-0.1, -0.05) is 91.0 Å². The van der Waals surface area contributed by atoms with E-state index in [9.17, 15) is 10.1 Å². The van der Waals surface area contributed by atoms with Gasteiger partial charge in [-0.2, -0.15) is 5.26 Å². The van der Waals surface area contributed by atoms with Gasteiger partial charge in [-0.05, 0) is 27.5 Å². The predicted molar refractivity (Wildman–Crippen MR) is 112 cm³/mol. The SMILES string of the molecule is N#C/C(=C1\c2ccccc2C(=O)c2c1ccc1ccccc21)c1ccccc1. The monoisotopic (exact) mass is 357 g/mol. The number of allylic oxidation sites excluding steroid dienone is 1. The van der Waals surface area contributed by atoms with Crippen LogP contribution in [0.3, 0.4) is 0 Å². The van der Waals surface area contributed by atoms with E-state index in [-0.39, 0.29) is 5.78 Å². The van der Waals surface area contributed by atoms with Gasteiger partial charge in [-0.15, -0.1) is 0 Å². The van der Waals surface area contributed by atoms with Gasteiger partial charge in [0.2, 0.25) is 0 Å². The van der Waals surface area contributed by atoms with Crippen LogP contribution in [0.4, 0.5) is 0 Å². The Morgan fingerprint density at radius 3 is 2.14 bits per heavy atom. The number of benzene rings is 4. The van der Waals surface area contributed by atoms with Gasteiger partial charge in [-0.3, -0.25) is 4.79 Å². The molecule has 1 aliphatic rings. The smallest absolute Gasteiger partial charge is 0.194 e. The number of carbonyl (C=O) groups is 1. The lowest BCUT2D eigenvalue weighted by Crippen LogP contribution is -2.16. The number of fused-ring (bicyclic) bond motifs is 4. The summed E-state index contributed by atoms with van der Waals surface area (Å²) in [7, 11) is 0. The summed E-state index contributed by atoms with van der Waals surface area (Å²) in [6.07, 6.45) is 0. The topological polar surface area (TPSA) is 40.9 Å². The van der Waals surface area contributed by atoms with Gasteiger partial charge in [0.1, 0.15) is 6.07 Å². The lowest BCUT2D eigenvalue weighted by atomic mass is 9.77. The van der Waals surface area contributed by atoms with Crippen LogP contribution in [-0.4, -0.2) is 5.78 Å². The lowest BCUT2D eigenvalue weighted by Gasteiger charge is -2.24. The summed E-state index contributed by atoms with van der Waals surface area (Å²) < 4.78 is 0. The Kier molecular flexibility index (Phi) is 3.67. The molecule has 0 aromatic heterocycles. The Bertz CT molecular complexity index is 1320. The minimum Gasteiger partial charge on any atom is -0.289 e. The molecular formula is C26H15NO. The van der Waals surface area contributed by atoms with Gasteiger partial charge in [0.05, 0.1) is 5.57 Å². The summed E-state index contributed by atoms with van der Waals surface area (Å²) in [5, 5.41) is 12.0. The largest absolute Gasteiger partial charge is 0.289 e. The first kappa shape index (κ1) is 16.2. The molecule has 0 radical (unpaired) electrons. The molecule has 0 fully saturated rings. The van der Waals surface area contributed by atoms with Crippen LogP contribution >= 0.6 is 0 Å². The fourth-order valence-corrected chi connectivity index (χ4v) is 4.04. The molecule has 0 N–H and O–H groups in total. The van der Waals surface area contributed by atoms with Gasteiger partial charge >= 0.3 is 0 Å². The summed E-state index contributed by atoms with van der Waals surface area (Å²) in [6, 6.07) is 31.5. The van der Waals surface area contributed by atoms with E-state index in [1.54, 1.807) is 0 Å². The van der Waals surface area contributed by atoms with Crippen molar-refractivity contribution in [2.45, 2.75) is 0 Å². The molecule has 130 valence electrons. The third-order valence-corrected chi connectivity index (χ3v) is 5.29. The van der Waals surface area contributed by atoms with Crippen LogP contribution < -0.4 is 0 Å². The van der Waals surface area contributed by atoms with Crippen molar-refractivity contribution < 1.29 is 4.79 Å². The van der Waals surface area contributed by atoms with Crippen molar-refractivity contribution in [2.24, 2.45) is 0 Å². The predicted octanol–water partition coefficient (Wildman–Crippen LogP) is 5.87. The number of nitriles is 1. The highest BCUT2D eigenvalue weighted by Gasteiger charge is 2.30. The number of rotatable bonds is 1. The molecule has 0 amide bonds. The average molecular weight is 357 g/mol. The fraction of sp³-hybridized carbons (Fsp3) is 0. The van der Waals surface area contributed by atoms with E-state index in [4.69, 9.17) is 0 Å². The molecule has 0 heterocycles. The second-order valence-electron chi connectivity index (χ2n) is 6.81. The molecule has 0 bridgehead atoms. The highest BCUT2D eigenvalue weighted by molar-refractivity contribution is 6.27. The first-order chi connectivity index (χ1) is 13.8. The van der Waals surface area contributed by atoms with Gasteiger partial charge in [0.15, 0.2) is 5.78 Å². The van der Waals surface area contributed by atoms with E-state index in [1.165, 1.54) is 0 Å². The summed E-state index contributed by atoms with van der Waals surface area (Å²) >= 11 is 0. The summed E-state index contributed by atoms with van der Waals surface area (Å²) in [4.78, 5) is 13.4. The normalized spacial score (nSPS) is 14.2. The van der Waals surface area contributed by atoms with Gasteiger partial charge in [-0.25, -0.2) is 0 Å². The number of hydrogen-bond donors (Lipinski definition) is 0. The number of hydrogen-bond acceptors (Lipinski definition) is 2. The fourth-order valence-electron chi connectivity index (χ4n) is 4.04. The van der Waals surface area contributed by atoms with Crippen LogP contribution in [0.15, 0.2) is 91.0 Å².